The van der Waals surface area contributed by atoms with Gasteiger partial charge in [0.1, 0.15) is 5.82 Å². The highest BCUT2D eigenvalue weighted by molar-refractivity contribution is 9.10. The van der Waals surface area contributed by atoms with E-state index in [0.29, 0.717) is 10.2 Å². The maximum Gasteiger partial charge on any atom is 0.248 e. The van der Waals surface area contributed by atoms with Gasteiger partial charge in [0.15, 0.2) is 5.15 Å². The number of rotatable bonds is 3. The minimum atomic E-state index is -0.351. The normalized spacial score (nSPS) is 10.8. The molecule has 0 bridgehead atoms. The summed E-state index contributed by atoms with van der Waals surface area (Å²) in [5.74, 6) is -0.672. The van der Waals surface area contributed by atoms with Gasteiger partial charge in [-0.1, -0.05) is 23.7 Å². The zero-order valence-electron chi connectivity index (χ0n) is 10.1. The lowest BCUT2D eigenvalue weighted by atomic mass is 10.2. The number of hydrogen-bond acceptors (Lipinski definition) is 2. The molecular weight excluding hydrogens is 347 g/mol. The van der Waals surface area contributed by atoms with Crippen LogP contribution in [-0.2, 0) is 4.79 Å². The number of hydrogen-bond donors (Lipinski definition) is 1. The van der Waals surface area contributed by atoms with Crippen molar-refractivity contribution in [2.24, 2.45) is 0 Å². The van der Waals surface area contributed by atoms with E-state index in [1.165, 1.54) is 24.4 Å². The Morgan fingerprint density at radius 1 is 1.35 bits per heavy atom. The lowest BCUT2D eigenvalue weighted by Gasteiger charge is -2.04. The molecule has 1 amide bonds. The van der Waals surface area contributed by atoms with Crippen LogP contribution >= 0.6 is 27.5 Å². The number of halogens is 3. The molecule has 0 saturated heterocycles. The molecule has 6 heteroatoms. The van der Waals surface area contributed by atoms with Crippen LogP contribution in [0.15, 0.2) is 47.1 Å². The van der Waals surface area contributed by atoms with Crippen LogP contribution in [0.5, 0.6) is 0 Å². The Labute approximate surface area is 128 Å². The molecular formula is C14H9BrClFN2O. The van der Waals surface area contributed by atoms with Crippen molar-refractivity contribution in [2.75, 3.05) is 5.32 Å². The highest BCUT2D eigenvalue weighted by Gasteiger charge is 2.05. The summed E-state index contributed by atoms with van der Waals surface area (Å²) in [5, 5.41) is 2.81. The molecule has 1 aromatic carbocycles. The molecule has 0 aliphatic rings. The molecule has 3 nitrogen and oxygen atoms in total. The number of amides is 1. The van der Waals surface area contributed by atoms with E-state index in [0.717, 1.165) is 5.56 Å². The molecule has 20 heavy (non-hydrogen) atoms. The van der Waals surface area contributed by atoms with E-state index in [-0.39, 0.29) is 16.9 Å². The second kappa shape index (κ2) is 6.63. The fourth-order valence-corrected chi connectivity index (χ4v) is 1.91. The third kappa shape index (κ3) is 4.15. The Morgan fingerprint density at radius 3 is 2.75 bits per heavy atom. The summed E-state index contributed by atoms with van der Waals surface area (Å²) in [6.45, 7) is 0. The highest BCUT2D eigenvalue weighted by Crippen LogP contribution is 2.22. The first-order chi connectivity index (χ1) is 9.54. The van der Waals surface area contributed by atoms with Crippen molar-refractivity contribution in [2.45, 2.75) is 0 Å². The standard InChI is InChI=1S/C14H9BrClFN2O/c15-10-7-12(14(16)18-8-10)19-13(20)6-3-9-1-4-11(17)5-2-9/h1-8H,(H,19,20)/b6-3+. The molecule has 0 aliphatic carbocycles. The Bertz CT molecular complexity index is 659. The van der Waals surface area contributed by atoms with Gasteiger partial charge in [-0.15, -0.1) is 0 Å². The Kier molecular flexibility index (Phi) is 4.87. The van der Waals surface area contributed by atoms with Gasteiger partial charge >= 0.3 is 0 Å². The van der Waals surface area contributed by atoms with Crippen LogP contribution in [0, 0.1) is 5.82 Å². The van der Waals surface area contributed by atoms with Crippen LogP contribution in [0.4, 0.5) is 10.1 Å². The number of nitrogens with one attached hydrogen (secondary N) is 1. The Balaban J connectivity index is 2.05. The van der Waals surface area contributed by atoms with E-state index >= 15 is 0 Å². The van der Waals surface area contributed by atoms with Crippen LogP contribution in [-0.4, -0.2) is 10.9 Å². The average Bonchev–Trinajstić information content (AvgIpc) is 2.42. The predicted molar refractivity (Wildman–Crippen MR) is 81.0 cm³/mol. The summed E-state index contributed by atoms with van der Waals surface area (Å²) >= 11 is 9.11. The molecule has 0 saturated carbocycles. The van der Waals surface area contributed by atoms with Crippen molar-refractivity contribution < 1.29 is 9.18 Å². The average molecular weight is 356 g/mol. The van der Waals surface area contributed by atoms with E-state index in [1.54, 1.807) is 24.3 Å². The molecule has 0 aliphatic heterocycles. The number of pyridine rings is 1. The largest absolute Gasteiger partial charge is 0.320 e. The quantitative estimate of drug-likeness (QED) is 0.659. The van der Waals surface area contributed by atoms with Crippen molar-refractivity contribution in [1.82, 2.24) is 4.98 Å². The van der Waals surface area contributed by atoms with E-state index in [9.17, 15) is 9.18 Å². The maximum absolute atomic E-state index is 12.7. The van der Waals surface area contributed by atoms with Crippen molar-refractivity contribution in [1.29, 1.82) is 0 Å². The van der Waals surface area contributed by atoms with Crippen LogP contribution in [0.2, 0.25) is 5.15 Å². The van der Waals surface area contributed by atoms with E-state index in [2.05, 4.69) is 26.2 Å². The van der Waals surface area contributed by atoms with Crippen LogP contribution < -0.4 is 5.32 Å². The number of carbonyl (C=O) groups excluding carboxylic acids is 1. The Hall–Kier alpha value is -1.72. The molecule has 0 unspecified atom stereocenters. The van der Waals surface area contributed by atoms with Crippen LogP contribution in [0.3, 0.4) is 0 Å². The summed E-state index contributed by atoms with van der Waals surface area (Å²) < 4.78 is 13.4. The zero-order chi connectivity index (χ0) is 14.5. The first-order valence-corrected chi connectivity index (χ1v) is 6.77. The fourth-order valence-electron chi connectivity index (χ4n) is 1.43. The lowest BCUT2D eigenvalue weighted by molar-refractivity contribution is -0.111. The molecule has 1 aromatic heterocycles. The topological polar surface area (TPSA) is 42.0 Å². The van der Waals surface area contributed by atoms with Gasteiger partial charge in [-0.3, -0.25) is 4.79 Å². The van der Waals surface area contributed by atoms with Gasteiger partial charge in [0.2, 0.25) is 5.91 Å². The second-order valence-corrected chi connectivity index (χ2v) is 5.14. The molecule has 0 fully saturated rings. The Morgan fingerprint density at radius 2 is 2.05 bits per heavy atom. The van der Waals surface area contributed by atoms with Crippen molar-refractivity contribution in [3.8, 4) is 0 Å². The summed E-state index contributed by atoms with van der Waals surface area (Å²) in [7, 11) is 0. The van der Waals surface area contributed by atoms with E-state index < -0.39 is 0 Å². The second-order valence-electron chi connectivity index (χ2n) is 3.87. The first kappa shape index (κ1) is 14.7. The summed E-state index contributed by atoms with van der Waals surface area (Å²) in [6.07, 6.45) is 4.45. The number of benzene rings is 1. The van der Waals surface area contributed by atoms with Gasteiger partial charge in [0.25, 0.3) is 0 Å². The minimum Gasteiger partial charge on any atom is -0.320 e. The molecule has 0 spiro atoms. The highest BCUT2D eigenvalue weighted by atomic mass is 79.9. The van der Waals surface area contributed by atoms with Gasteiger partial charge in [0, 0.05) is 16.7 Å². The minimum absolute atomic E-state index is 0.205. The van der Waals surface area contributed by atoms with Gasteiger partial charge in [-0.2, -0.15) is 0 Å². The van der Waals surface area contributed by atoms with Gasteiger partial charge in [0.05, 0.1) is 5.69 Å². The number of aromatic nitrogens is 1. The fraction of sp³-hybridized carbons (Fsp3) is 0. The number of anilines is 1. The predicted octanol–water partition coefficient (Wildman–Crippen LogP) is 4.29. The van der Waals surface area contributed by atoms with E-state index in [1.807, 2.05) is 0 Å². The smallest absolute Gasteiger partial charge is 0.248 e. The first-order valence-electron chi connectivity index (χ1n) is 5.60. The third-order valence-corrected chi connectivity index (χ3v) is 3.10. The molecule has 102 valence electrons. The van der Waals surface area contributed by atoms with Gasteiger partial charge in [-0.25, -0.2) is 9.37 Å². The monoisotopic (exact) mass is 354 g/mol. The zero-order valence-corrected chi connectivity index (χ0v) is 12.5. The van der Waals surface area contributed by atoms with Crippen LogP contribution in [0.25, 0.3) is 6.08 Å². The van der Waals surface area contributed by atoms with Crippen molar-refractivity contribution in [3.63, 3.8) is 0 Å². The summed E-state index contributed by atoms with van der Waals surface area (Å²) in [4.78, 5) is 15.6. The SMILES string of the molecule is O=C(/C=C/c1ccc(F)cc1)Nc1cc(Br)cnc1Cl. The van der Waals surface area contributed by atoms with Crippen molar-refractivity contribution >= 4 is 45.2 Å². The number of nitrogens with zero attached hydrogens (tertiary/aromatic N) is 1. The van der Waals surface area contributed by atoms with Crippen LogP contribution in [0.1, 0.15) is 5.56 Å². The molecule has 1 N–H and O–H groups in total. The molecule has 2 aromatic rings. The molecule has 0 atom stereocenters. The van der Waals surface area contributed by atoms with Crippen molar-refractivity contribution in [3.05, 3.63) is 63.6 Å². The van der Waals surface area contributed by atoms with Gasteiger partial charge < -0.3 is 5.32 Å². The summed E-state index contributed by atoms with van der Waals surface area (Å²) in [5.41, 5.74) is 1.13. The van der Waals surface area contributed by atoms with E-state index in [4.69, 9.17) is 11.6 Å². The third-order valence-electron chi connectivity index (χ3n) is 2.36. The summed E-state index contributed by atoms with van der Waals surface area (Å²) in [6, 6.07) is 7.46. The molecule has 1 heterocycles. The maximum atomic E-state index is 12.7. The molecule has 0 radical (unpaired) electrons. The number of carbonyl (C=O) groups is 1. The molecule has 2 rings (SSSR count). The lowest BCUT2D eigenvalue weighted by Crippen LogP contribution is -2.08. The van der Waals surface area contributed by atoms with Gasteiger partial charge in [-0.05, 0) is 45.8 Å².